The lowest BCUT2D eigenvalue weighted by molar-refractivity contribution is -0.757. The summed E-state index contributed by atoms with van der Waals surface area (Å²) in [5, 5.41) is 9.45. The van der Waals surface area contributed by atoms with E-state index in [1.165, 1.54) is 23.0 Å². The maximum absolute atomic E-state index is 13.5. The highest BCUT2D eigenvalue weighted by Gasteiger charge is 2.35. The number of amides is 1. The van der Waals surface area contributed by atoms with Gasteiger partial charge in [0.25, 0.3) is 11.6 Å². The number of aromatic nitrogens is 3. The summed E-state index contributed by atoms with van der Waals surface area (Å²) in [6.07, 6.45) is -3.78. The molecule has 0 aliphatic heterocycles. The van der Waals surface area contributed by atoms with Crippen molar-refractivity contribution in [1.29, 1.82) is 0 Å². The fraction of sp³-hybridized carbons (Fsp3) is 0.435. The number of rotatable bonds is 6. The van der Waals surface area contributed by atoms with Crippen molar-refractivity contribution in [3.05, 3.63) is 52.4 Å². The Hall–Kier alpha value is -2.95. The number of fused-ring (bicyclic) bond motifs is 1. The van der Waals surface area contributed by atoms with Crippen LogP contribution in [0.5, 0.6) is 0 Å². The topological polar surface area (TPSA) is 73.7 Å². The molecule has 0 radical (unpaired) electrons. The Morgan fingerprint density at radius 3 is 2.69 bits per heavy atom. The van der Waals surface area contributed by atoms with Crippen molar-refractivity contribution in [3.63, 3.8) is 0 Å². The van der Waals surface area contributed by atoms with E-state index in [9.17, 15) is 26.7 Å². The van der Waals surface area contributed by atoms with E-state index in [0.717, 1.165) is 6.07 Å². The van der Waals surface area contributed by atoms with Gasteiger partial charge in [0.1, 0.15) is 11.3 Å². The molecule has 0 bridgehead atoms. The van der Waals surface area contributed by atoms with Gasteiger partial charge in [-0.2, -0.15) is 27.1 Å². The highest BCUT2D eigenvalue weighted by Crippen LogP contribution is 2.35. The number of hydrogen-bond donors (Lipinski definition) is 3. The maximum Gasteiger partial charge on any atom is 0.433 e. The second-order valence-electron chi connectivity index (χ2n) is 8.51. The number of halogens is 6. The first-order valence-electron chi connectivity index (χ1n) is 11.2. The highest BCUT2D eigenvalue weighted by atomic mass is 35.5. The summed E-state index contributed by atoms with van der Waals surface area (Å²) in [4.78, 5) is 16.5. The Bertz CT molecular complexity index is 1230. The molecular weight excluding hydrogens is 493 g/mol. The zero-order valence-corrected chi connectivity index (χ0v) is 19.5. The summed E-state index contributed by atoms with van der Waals surface area (Å²) in [6.45, 7) is 1.94. The molecule has 4 rings (SSSR count). The normalized spacial score (nSPS) is 18.7. The van der Waals surface area contributed by atoms with Gasteiger partial charge in [0, 0.05) is 28.2 Å². The molecule has 1 fully saturated rings. The number of aryl methyl sites for hydroxylation is 1. The van der Waals surface area contributed by atoms with Crippen LogP contribution in [0.4, 0.5) is 27.6 Å². The molecule has 3 N–H and O–H groups in total. The van der Waals surface area contributed by atoms with E-state index in [0.29, 0.717) is 36.1 Å². The van der Waals surface area contributed by atoms with E-state index in [1.54, 1.807) is 13.0 Å². The van der Waals surface area contributed by atoms with Crippen molar-refractivity contribution < 1.29 is 31.4 Å². The minimum absolute atomic E-state index is 0.124. The molecule has 2 atom stereocenters. The molecule has 1 aliphatic carbocycles. The Balaban J connectivity index is 1.53. The van der Waals surface area contributed by atoms with Gasteiger partial charge in [-0.05, 0) is 56.9 Å². The van der Waals surface area contributed by atoms with E-state index in [-0.39, 0.29) is 41.1 Å². The number of nitrogens with zero attached hydrogens (tertiary/aromatic N) is 2. The van der Waals surface area contributed by atoms with Gasteiger partial charge in [-0.25, -0.2) is 4.98 Å². The standard InChI is InChI=1S/C23H23ClF5N5O/c1-2-34-20(21(25)26)16(11-30-34)22(35)32-14-5-3-4-13(9-14)31-18-10-19(23(27,28)29)33-17-7-6-12(24)8-15(17)18/h6-8,10-11,13-14,21H,2-5,9H2,1H3,(H2,31,32,33,35)/p+1/t13-,14+/m0/s1. The van der Waals surface area contributed by atoms with Crippen LogP contribution >= 0.6 is 11.6 Å². The zero-order chi connectivity index (χ0) is 25.3. The summed E-state index contributed by atoms with van der Waals surface area (Å²) in [6, 6.07) is 4.84. The van der Waals surface area contributed by atoms with Crippen molar-refractivity contribution >= 4 is 34.1 Å². The van der Waals surface area contributed by atoms with E-state index in [2.05, 4.69) is 20.7 Å². The minimum Gasteiger partial charge on any atom is -0.382 e. The number of hydrogen-bond acceptors (Lipinski definition) is 3. The molecule has 0 unspecified atom stereocenters. The van der Waals surface area contributed by atoms with Crippen molar-refractivity contribution in [1.82, 2.24) is 15.4 Å². The number of alkyl halides is 5. The van der Waals surface area contributed by atoms with Crippen LogP contribution in [0.1, 0.15) is 60.8 Å². The first-order valence-corrected chi connectivity index (χ1v) is 11.6. The summed E-state index contributed by atoms with van der Waals surface area (Å²) in [5.74, 6) is -0.616. The molecule has 0 spiro atoms. The third-order valence-electron chi connectivity index (χ3n) is 6.13. The van der Waals surface area contributed by atoms with Gasteiger partial charge >= 0.3 is 12.6 Å². The van der Waals surface area contributed by atoms with Gasteiger partial charge in [0.15, 0.2) is 6.54 Å². The van der Waals surface area contributed by atoms with Crippen LogP contribution < -0.4 is 15.3 Å². The quantitative estimate of drug-likeness (QED) is 0.293. The van der Waals surface area contributed by atoms with Crippen LogP contribution in [-0.4, -0.2) is 28.1 Å². The zero-order valence-electron chi connectivity index (χ0n) is 18.7. The smallest absolute Gasteiger partial charge is 0.382 e. The number of carbonyl (C=O) groups is 1. The van der Waals surface area contributed by atoms with E-state index in [1.807, 2.05) is 0 Å². The molecule has 2 heterocycles. The van der Waals surface area contributed by atoms with Gasteiger partial charge in [0.2, 0.25) is 0 Å². The summed E-state index contributed by atoms with van der Waals surface area (Å²) < 4.78 is 68.5. The van der Waals surface area contributed by atoms with Crippen LogP contribution in [0.15, 0.2) is 30.5 Å². The van der Waals surface area contributed by atoms with Gasteiger partial charge < -0.3 is 10.6 Å². The molecule has 0 saturated heterocycles. The number of H-pyrrole nitrogens is 1. The molecular formula is C23H24ClF5N5O+. The van der Waals surface area contributed by atoms with Crippen LogP contribution in [0.3, 0.4) is 0 Å². The van der Waals surface area contributed by atoms with Gasteiger partial charge in [-0.3, -0.25) is 4.79 Å². The van der Waals surface area contributed by atoms with Crippen LogP contribution in [0, 0.1) is 0 Å². The Morgan fingerprint density at radius 1 is 1.26 bits per heavy atom. The van der Waals surface area contributed by atoms with E-state index >= 15 is 0 Å². The molecule has 3 aromatic rings. The lowest BCUT2D eigenvalue weighted by Gasteiger charge is -2.31. The largest absolute Gasteiger partial charge is 0.433 e. The molecule has 188 valence electrons. The average Bonchev–Trinajstić information content (AvgIpc) is 3.24. The van der Waals surface area contributed by atoms with Crippen molar-refractivity contribution in [2.75, 3.05) is 5.32 Å². The molecule has 6 nitrogen and oxygen atoms in total. The first-order chi connectivity index (χ1) is 16.6. The molecule has 35 heavy (non-hydrogen) atoms. The molecule has 1 saturated carbocycles. The predicted octanol–water partition coefficient (Wildman–Crippen LogP) is 5.63. The van der Waals surface area contributed by atoms with Crippen molar-refractivity contribution in [2.24, 2.45) is 0 Å². The molecule has 12 heteroatoms. The van der Waals surface area contributed by atoms with Gasteiger partial charge in [0.05, 0.1) is 11.7 Å². The van der Waals surface area contributed by atoms with Gasteiger partial charge in [-0.15, -0.1) is 4.68 Å². The Labute approximate surface area is 202 Å². The average molecular weight is 517 g/mol. The lowest BCUT2D eigenvalue weighted by atomic mass is 9.90. The monoisotopic (exact) mass is 516 g/mol. The molecule has 2 aromatic heterocycles. The SMILES string of the molecule is CC[n+]1[nH]cc(C(=O)N[C@@H]2CCC[C@H](Nc3cc(C(F)(F)F)nc4ccc(Cl)cc34)C2)c1C(F)F. The molecule has 1 amide bonds. The first kappa shape index (κ1) is 25.2. The molecule has 1 aliphatic rings. The fourth-order valence-corrected chi connectivity index (χ4v) is 4.68. The van der Waals surface area contributed by atoms with Crippen LogP contribution in [0.2, 0.25) is 5.02 Å². The fourth-order valence-electron chi connectivity index (χ4n) is 4.51. The summed E-state index contributed by atoms with van der Waals surface area (Å²) >= 11 is 6.07. The lowest BCUT2D eigenvalue weighted by Crippen LogP contribution is -2.43. The van der Waals surface area contributed by atoms with Crippen molar-refractivity contribution in [3.8, 4) is 0 Å². The number of aromatic amines is 1. The third-order valence-corrected chi connectivity index (χ3v) is 6.36. The second-order valence-corrected chi connectivity index (χ2v) is 8.95. The number of carbonyl (C=O) groups excluding carboxylic acids is 1. The highest BCUT2D eigenvalue weighted by molar-refractivity contribution is 6.31. The maximum atomic E-state index is 13.5. The number of anilines is 1. The summed E-state index contributed by atoms with van der Waals surface area (Å²) in [5.41, 5.74) is -1.12. The Morgan fingerprint density at radius 2 is 2.00 bits per heavy atom. The van der Waals surface area contributed by atoms with E-state index < -0.39 is 24.2 Å². The summed E-state index contributed by atoms with van der Waals surface area (Å²) in [7, 11) is 0. The van der Waals surface area contributed by atoms with Crippen molar-refractivity contribution in [2.45, 2.75) is 63.8 Å². The van der Waals surface area contributed by atoms with Crippen LogP contribution in [-0.2, 0) is 12.7 Å². The second kappa shape index (κ2) is 9.96. The van der Waals surface area contributed by atoms with E-state index in [4.69, 9.17) is 11.6 Å². The Kier molecular flexibility index (Phi) is 7.16. The van der Waals surface area contributed by atoms with Crippen LogP contribution in [0.25, 0.3) is 10.9 Å². The number of pyridine rings is 1. The predicted molar refractivity (Wildman–Crippen MR) is 121 cm³/mol. The third kappa shape index (κ3) is 5.50. The minimum atomic E-state index is -4.62. The number of benzene rings is 1. The number of nitrogens with one attached hydrogen (secondary N) is 3. The molecule has 1 aromatic carbocycles. The van der Waals surface area contributed by atoms with Gasteiger partial charge in [-0.1, -0.05) is 11.6 Å².